The molecule has 2 aromatic carbocycles. The van der Waals surface area contributed by atoms with Gasteiger partial charge in [-0.2, -0.15) is 0 Å². The summed E-state index contributed by atoms with van der Waals surface area (Å²) in [6, 6.07) is 8.53. The van der Waals surface area contributed by atoms with E-state index in [1.807, 2.05) is 14.1 Å². The maximum atomic E-state index is 12.8. The van der Waals surface area contributed by atoms with Crippen LogP contribution in [0.2, 0.25) is 0 Å². The average Bonchev–Trinajstić information content (AvgIpc) is 3.15. The van der Waals surface area contributed by atoms with Crippen molar-refractivity contribution in [1.82, 2.24) is 4.90 Å². The monoisotopic (exact) mass is 365 g/mol. The van der Waals surface area contributed by atoms with Gasteiger partial charge < -0.3 is 9.64 Å². The van der Waals surface area contributed by atoms with E-state index >= 15 is 0 Å². The second-order valence-corrected chi connectivity index (χ2v) is 8.29. The number of aryl methyl sites for hydroxylation is 5. The molecule has 1 aliphatic rings. The molecule has 0 spiro atoms. The topological polar surface area (TPSA) is 29.5 Å². The summed E-state index contributed by atoms with van der Waals surface area (Å²) in [6.07, 6.45) is 0. The van der Waals surface area contributed by atoms with Gasteiger partial charge in [-0.1, -0.05) is 17.7 Å². The fourth-order valence-corrected chi connectivity index (χ4v) is 4.39. The molecule has 1 aliphatic carbocycles. The first-order chi connectivity index (χ1) is 12.7. The standard InChI is InChI=1S/C24H31NO2/c1-14-10-15(2)20(16(3)11-14)22-23(24(22)26)21-17(4)12-19(13-18(21)5)27-9-8-25(6)7/h10-13,22-23H,8-9H2,1-7H3. The van der Waals surface area contributed by atoms with Crippen LogP contribution < -0.4 is 4.74 Å². The normalized spacial score (nSPS) is 18.9. The minimum absolute atomic E-state index is 0.00325. The number of rotatable bonds is 6. The summed E-state index contributed by atoms with van der Waals surface area (Å²) in [5.74, 6) is 1.23. The van der Waals surface area contributed by atoms with Crippen LogP contribution in [-0.2, 0) is 4.79 Å². The molecule has 0 radical (unpaired) electrons. The van der Waals surface area contributed by atoms with Crippen LogP contribution in [0, 0.1) is 34.6 Å². The number of benzene rings is 2. The van der Waals surface area contributed by atoms with Crippen molar-refractivity contribution in [2.24, 2.45) is 0 Å². The Morgan fingerprint density at radius 3 is 1.70 bits per heavy atom. The van der Waals surface area contributed by atoms with E-state index in [1.54, 1.807) is 0 Å². The minimum atomic E-state index is -0.0130. The van der Waals surface area contributed by atoms with Gasteiger partial charge in [0, 0.05) is 6.54 Å². The maximum Gasteiger partial charge on any atom is 0.149 e. The Kier molecular flexibility index (Phi) is 5.43. The summed E-state index contributed by atoms with van der Waals surface area (Å²) in [5.41, 5.74) is 8.42. The molecule has 0 bridgehead atoms. The molecule has 144 valence electrons. The van der Waals surface area contributed by atoms with Gasteiger partial charge in [-0.25, -0.2) is 0 Å². The fraction of sp³-hybridized carbons (Fsp3) is 0.458. The molecule has 0 saturated heterocycles. The summed E-state index contributed by atoms with van der Waals surface area (Å²) >= 11 is 0. The van der Waals surface area contributed by atoms with Crippen molar-refractivity contribution in [3.63, 3.8) is 0 Å². The Hall–Kier alpha value is -2.13. The molecule has 3 rings (SSSR count). The number of carbonyl (C=O) groups is 1. The van der Waals surface area contributed by atoms with Gasteiger partial charge in [0.05, 0.1) is 11.8 Å². The number of hydrogen-bond donors (Lipinski definition) is 0. The van der Waals surface area contributed by atoms with Crippen molar-refractivity contribution in [2.45, 2.75) is 46.5 Å². The molecule has 0 amide bonds. The van der Waals surface area contributed by atoms with Crippen LogP contribution in [0.5, 0.6) is 5.75 Å². The van der Waals surface area contributed by atoms with Gasteiger partial charge in [0.1, 0.15) is 18.1 Å². The molecule has 2 aromatic rings. The first kappa shape index (κ1) is 19.6. The fourth-order valence-electron chi connectivity index (χ4n) is 4.39. The quantitative estimate of drug-likeness (QED) is 0.748. The van der Waals surface area contributed by atoms with Crippen LogP contribution in [0.3, 0.4) is 0 Å². The van der Waals surface area contributed by atoms with Gasteiger partial charge in [0.2, 0.25) is 0 Å². The Morgan fingerprint density at radius 2 is 1.26 bits per heavy atom. The molecule has 0 N–H and O–H groups in total. The number of likely N-dealkylation sites (N-methyl/N-ethyl adjacent to an activating group) is 1. The maximum absolute atomic E-state index is 12.8. The van der Waals surface area contributed by atoms with E-state index in [9.17, 15) is 4.79 Å². The Labute approximate surface area is 163 Å². The highest BCUT2D eigenvalue weighted by molar-refractivity contribution is 6.10. The van der Waals surface area contributed by atoms with Crippen molar-refractivity contribution in [2.75, 3.05) is 27.2 Å². The van der Waals surface area contributed by atoms with Crippen LogP contribution in [0.25, 0.3) is 0 Å². The Balaban J connectivity index is 1.86. The summed E-state index contributed by atoms with van der Waals surface area (Å²) in [5, 5.41) is 0. The lowest BCUT2D eigenvalue weighted by molar-refractivity contribution is -0.110. The largest absolute Gasteiger partial charge is 0.492 e. The first-order valence-corrected chi connectivity index (χ1v) is 9.71. The molecular formula is C24H31NO2. The molecule has 2 unspecified atom stereocenters. The number of nitrogens with zero attached hydrogens (tertiary/aromatic N) is 1. The van der Waals surface area contributed by atoms with E-state index in [4.69, 9.17) is 4.74 Å². The molecular weight excluding hydrogens is 334 g/mol. The highest BCUT2D eigenvalue weighted by Crippen LogP contribution is 2.54. The van der Waals surface area contributed by atoms with Crippen molar-refractivity contribution in [3.05, 3.63) is 63.2 Å². The lowest BCUT2D eigenvalue weighted by Gasteiger charge is -2.15. The van der Waals surface area contributed by atoms with Gasteiger partial charge in [0.25, 0.3) is 0 Å². The van der Waals surface area contributed by atoms with Gasteiger partial charge in [-0.15, -0.1) is 0 Å². The first-order valence-electron chi connectivity index (χ1n) is 9.71. The third-order valence-electron chi connectivity index (χ3n) is 5.57. The lowest BCUT2D eigenvalue weighted by Crippen LogP contribution is -2.19. The van der Waals surface area contributed by atoms with Crippen LogP contribution >= 0.6 is 0 Å². The molecule has 0 heterocycles. The van der Waals surface area contributed by atoms with E-state index in [2.05, 4.69) is 63.8 Å². The van der Waals surface area contributed by atoms with Crippen LogP contribution in [0.4, 0.5) is 0 Å². The summed E-state index contributed by atoms with van der Waals surface area (Å²) in [6.45, 7) is 12.1. The SMILES string of the molecule is Cc1cc(C)c(C2C(=O)C2c2c(C)cc(OCCN(C)C)cc2C)c(C)c1. The van der Waals surface area contributed by atoms with Crippen LogP contribution in [-0.4, -0.2) is 37.9 Å². The van der Waals surface area contributed by atoms with E-state index in [-0.39, 0.29) is 11.8 Å². The predicted octanol–water partition coefficient (Wildman–Crippen LogP) is 4.62. The van der Waals surface area contributed by atoms with Crippen molar-refractivity contribution in [1.29, 1.82) is 0 Å². The van der Waals surface area contributed by atoms with Gasteiger partial charge >= 0.3 is 0 Å². The molecule has 1 saturated carbocycles. The molecule has 3 heteroatoms. The smallest absolute Gasteiger partial charge is 0.149 e. The number of ether oxygens (including phenoxy) is 1. The van der Waals surface area contributed by atoms with E-state index in [1.165, 1.54) is 27.8 Å². The van der Waals surface area contributed by atoms with E-state index < -0.39 is 0 Å². The summed E-state index contributed by atoms with van der Waals surface area (Å²) in [4.78, 5) is 14.9. The highest BCUT2D eigenvalue weighted by Gasteiger charge is 2.53. The van der Waals surface area contributed by atoms with Crippen LogP contribution in [0.15, 0.2) is 24.3 Å². The third-order valence-corrected chi connectivity index (χ3v) is 5.57. The minimum Gasteiger partial charge on any atom is -0.492 e. The molecule has 27 heavy (non-hydrogen) atoms. The van der Waals surface area contributed by atoms with E-state index in [0.717, 1.165) is 23.4 Å². The Morgan fingerprint density at radius 1 is 0.815 bits per heavy atom. The van der Waals surface area contributed by atoms with Gasteiger partial charge in [-0.05, 0) is 94.2 Å². The summed E-state index contributed by atoms with van der Waals surface area (Å²) < 4.78 is 5.90. The molecule has 0 aromatic heterocycles. The van der Waals surface area contributed by atoms with Crippen LogP contribution in [0.1, 0.15) is 50.8 Å². The zero-order valence-corrected chi connectivity index (χ0v) is 17.6. The van der Waals surface area contributed by atoms with Gasteiger partial charge in [0.15, 0.2) is 0 Å². The Bertz CT molecular complexity index is 836. The van der Waals surface area contributed by atoms with E-state index in [0.29, 0.717) is 12.4 Å². The molecule has 1 fully saturated rings. The van der Waals surface area contributed by atoms with Crippen molar-refractivity contribution < 1.29 is 9.53 Å². The van der Waals surface area contributed by atoms with Gasteiger partial charge in [-0.3, -0.25) is 4.79 Å². The number of ketones is 1. The molecule has 0 aliphatic heterocycles. The lowest BCUT2D eigenvalue weighted by atomic mass is 9.91. The number of carbonyl (C=O) groups excluding carboxylic acids is 1. The zero-order valence-electron chi connectivity index (χ0n) is 17.6. The predicted molar refractivity (Wildman–Crippen MR) is 111 cm³/mol. The average molecular weight is 366 g/mol. The van der Waals surface area contributed by atoms with Crippen molar-refractivity contribution >= 4 is 5.78 Å². The molecule has 3 nitrogen and oxygen atoms in total. The third kappa shape index (κ3) is 3.93. The number of Topliss-reactive ketones (excluding diaryl/α,β-unsaturated/α-hetero) is 1. The second-order valence-electron chi connectivity index (χ2n) is 8.29. The highest BCUT2D eigenvalue weighted by atomic mass is 16.5. The second kappa shape index (κ2) is 7.47. The summed E-state index contributed by atoms with van der Waals surface area (Å²) in [7, 11) is 4.08. The number of hydrogen-bond acceptors (Lipinski definition) is 3. The zero-order chi connectivity index (χ0) is 19.9. The molecule has 2 atom stereocenters. The van der Waals surface area contributed by atoms with Crippen molar-refractivity contribution in [3.8, 4) is 5.75 Å².